The molecule has 0 bridgehead atoms. The number of halogens is 1. The Labute approximate surface area is 110 Å². The first kappa shape index (κ1) is 13.4. The van der Waals surface area contributed by atoms with Crippen molar-refractivity contribution in [3.05, 3.63) is 35.1 Å². The van der Waals surface area contributed by atoms with E-state index in [1.165, 1.54) is 30.7 Å². The number of hydrogen-bond acceptors (Lipinski definition) is 3. The first-order valence-electron chi connectivity index (χ1n) is 6.01. The molecule has 0 spiro atoms. The summed E-state index contributed by atoms with van der Waals surface area (Å²) in [5.74, 6) is -0.666. The summed E-state index contributed by atoms with van der Waals surface area (Å²) >= 11 is 1.97. The van der Waals surface area contributed by atoms with Gasteiger partial charge in [-0.15, -0.1) is 0 Å². The average Bonchev–Trinajstić information content (AvgIpc) is 2.81. The third-order valence-electron chi connectivity index (χ3n) is 2.99. The quantitative estimate of drug-likeness (QED) is 0.862. The summed E-state index contributed by atoms with van der Waals surface area (Å²) in [6.45, 7) is 1.50. The molecule has 1 aliphatic rings. The van der Waals surface area contributed by atoms with Gasteiger partial charge in [0.15, 0.2) is 0 Å². The number of hydrogen-bond donors (Lipinski definition) is 2. The summed E-state index contributed by atoms with van der Waals surface area (Å²) in [5, 5.41) is 12.7. The van der Waals surface area contributed by atoms with E-state index in [4.69, 9.17) is 5.11 Å². The zero-order valence-electron chi connectivity index (χ0n) is 9.99. The lowest BCUT2D eigenvalue weighted by molar-refractivity contribution is 0.0692. The topological polar surface area (TPSA) is 49.3 Å². The van der Waals surface area contributed by atoms with Crippen LogP contribution in [0.3, 0.4) is 0 Å². The van der Waals surface area contributed by atoms with E-state index < -0.39 is 11.8 Å². The summed E-state index contributed by atoms with van der Waals surface area (Å²) in [6.07, 6.45) is 2.52. The van der Waals surface area contributed by atoms with Gasteiger partial charge in [0.05, 0.1) is 5.56 Å². The second-order valence-electron chi connectivity index (χ2n) is 4.39. The minimum atomic E-state index is -1.23. The number of carboxylic acid groups (broad SMARTS) is 1. The molecule has 0 amide bonds. The van der Waals surface area contributed by atoms with E-state index in [1.54, 1.807) is 6.07 Å². The predicted molar refractivity (Wildman–Crippen MR) is 70.5 cm³/mol. The van der Waals surface area contributed by atoms with Gasteiger partial charge in [0.1, 0.15) is 5.82 Å². The second-order valence-corrected chi connectivity index (χ2v) is 5.79. The van der Waals surface area contributed by atoms with E-state index in [0.717, 1.165) is 12.1 Å². The molecule has 0 saturated carbocycles. The maximum absolute atomic E-state index is 13.4. The molecule has 1 atom stereocenters. The Kier molecular flexibility index (Phi) is 4.60. The highest BCUT2D eigenvalue weighted by Crippen LogP contribution is 2.25. The van der Waals surface area contributed by atoms with Crippen LogP contribution in [0.4, 0.5) is 4.39 Å². The van der Waals surface area contributed by atoms with Gasteiger partial charge in [0, 0.05) is 18.3 Å². The summed E-state index contributed by atoms with van der Waals surface area (Å²) in [7, 11) is 0. The van der Waals surface area contributed by atoms with Gasteiger partial charge < -0.3 is 10.4 Å². The molecule has 0 aromatic heterocycles. The van der Waals surface area contributed by atoms with Gasteiger partial charge in [-0.25, -0.2) is 9.18 Å². The van der Waals surface area contributed by atoms with Crippen molar-refractivity contribution in [2.75, 3.05) is 12.3 Å². The van der Waals surface area contributed by atoms with E-state index >= 15 is 0 Å². The summed E-state index contributed by atoms with van der Waals surface area (Å²) in [6, 6.07) is 4.26. The molecule has 1 heterocycles. The van der Waals surface area contributed by atoms with Crippen molar-refractivity contribution in [3.8, 4) is 0 Å². The van der Waals surface area contributed by atoms with Crippen LogP contribution in [-0.4, -0.2) is 28.6 Å². The Morgan fingerprint density at radius 1 is 1.56 bits per heavy atom. The van der Waals surface area contributed by atoms with Crippen LogP contribution in [0.25, 0.3) is 0 Å². The third kappa shape index (κ3) is 3.46. The lowest BCUT2D eigenvalue weighted by Crippen LogP contribution is -2.22. The number of aromatic carboxylic acids is 1. The van der Waals surface area contributed by atoms with Crippen molar-refractivity contribution in [2.45, 2.75) is 24.6 Å². The van der Waals surface area contributed by atoms with Crippen molar-refractivity contribution in [2.24, 2.45) is 0 Å². The number of rotatable bonds is 5. The van der Waals surface area contributed by atoms with Crippen LogP contribution in [-0.2, 0) is 6.54 Å². The van der Waals surface area contributed by atoms with Crippen LogP contribution in [0.5, 0.6) is 0 Å². The Morgan fingerprint density at radius 2 is 2.39 bits per heavy atom. The number of thioether (sulfide) groups is 1. The van der Waals surface area contributed by atoms with Crippen LogP contribution < -0.4 is 5.32 Å². The van der Waals surface area contributed by atoms with Crippen molar-refractivity contribution >= 4 is 17.7 Å². The van der Waals surface area contributed by atoms with Crippen molar-refractivity contribution in [1.29, 1.82) is 0 Å². The first-order chi connectivity index (χ1) is 8.66. The minimum Gasteiger partial charge on any atom is -0.478 e. The molecule has 18 heavy (non-hydrogen) atoms. The molecule has 2 rings (SSSR count). The Balaban J connectivity index is 1.85. The van der Waals surface area contributed by atoms with E-state index in [2.05, 4.69) is 5.32 Å². The third-order valence-corrected chi connectivity index (χ3v) is 4.39. The second kappa shape index (κ2) is 6.20. The smallest absolute Gasteiger partial charge is 0.338 e. The fraction of sp³-hybridized carbons (Fsp3) is 0.462. The van der Waals surface area contributed by atoms with Crippen LogP contribution in [0, 0.1) is 5.82 Å². The van der Waals surface area contributed by atoms with Crippen LogP contribution in [0.1, 0.15) is 28.8 Å². The predicted octanol–water partition coefficient (Wildman–Crippen LogP) is 2.51. The van der Waals surface area contributed by atoms with E-state index in [9.17, 15) is 9.18 Å². The molecule has 1 aromatic carbocycles. The van der Waals surface area contributed by atoms with E-state index in [-0.39, 0.29) is 5.56 Å². The van der Waals surface area contributed by atoms with Gasteiger partial charge in [-0.05, 0) is 36.3 Å². The molecule has 1 fully saturated rings. The number of carbonyl (C=O) groups is 1. The molecule has 2 N–H and O–H groups in total. The molecular formula is C13H16FNO2S. The summed E-state index contributed by atoms with van der Waals surface area (Å²) < 4.78 is 13.4. The fourth-order valence-electron chi connectivity index (χ4n) is 2.02. The van der Waals surface area contributed by atoms with E-state index in [0.29, 0.717) is 11.8 Å². The van der Waals surface area contributed by atoms with Crippen molar-refractivity contribution in [3.63, 3.8) is 0 Å². The van der Waals surface area contributed by atoms with Crippen LogP contribution >= 0.6 is 11.8 Å². The maximum atomic E-state index is 13.4. The highest BCUT2D eigenvalue weighted by atomic mass is 32.2. The first-order valence-corrected chi connectivity index (χ1v) is 7.06. The average molecular weight is 269 g/mol. The monoisotopic (exact) mass is 269 g/mol. The molecule has 0 radical (unpaired) electrons. The Hall–Kier alpha value is -1.07. The highest BCUT2D eigenvalue weighted by Gasteiger charge is 2.15. The van der Waals surface area contributed by atoms with Crippen LogP contribution in [0.15, 0.2) is 18.2 Å². The summed E-state index contributed by atoms with van der Waals surface area (Å²) in [4.78, 5) is 10.7. The fourth-order valence-corrected chi connectivity index (χ4v) is 3.26. The van der Waals surface area contributed by atoms with Gasteiger partial charge in [-0.3, -0.25) is 0 Å². The molecule has 3 nitrogen and oxygen atoms in total. The standard InChI is InChI=1S/C13H16FNO2S/c14-12-6-9(3-4-11(12)13(16)17)7-15-8-10-2-1-5-18-10/h3-4,6,10,15H,1-2,5,7-8H2,(H,16,17). The molecule has 1 unspecified atom stereocenters. The zero-order chi connectivity index (χ0) is 13.0. The normalized spacial score (nSPS) is 19.1. The van der Waals surface area contributed by atoms with Crippen molar-refractivity contribution in [1.82, 2.24) is 5.32 Å². The van der Waals surface area contributed by atoms with Gasteiger partial charge >= 0.3 is 5.97 Å². The SMILES string of the molecule is O=C(O)c1ccc(CNCC2CCCS2)cc1F. The zero-order valence-corrected chi connectivity index (χ0v) is 10.8. The molecule has 98 valence electrons. The molecular weight excluding hydrogens is 253 g/mol. The molecule has 1 saturated heterocycles. The molecule has 5 heteroatoms. The van der Waals surface area contributed by atoms with Gasteiger partial charge in [0.2, 0.25) is 0 Å². The number of benzene rings is 1. The lowest BCUT2D eigenvalue weighted by atomic mass is 10.1. The van der Waals surface area contributed by atoms with Crippen LogP contribution in [0.2, 0.25) is 0 Å². The largest absolute Gasteiger partial charge is 0.478 e. The number of carboxylic acids is 1. The number of nitrogens with one attached hydrogen (secondary N) is 1. The minimum absolute atomic E-state index is 0.273. The van der Waals surface area contributed by atoms with Gasteiger partial charge in [-0.2, -0.15) is 11.8 Å². The molecule has 1 aromatic rings. The maximum Gasteiger partial charge on any atom is 0.338 e. The Bertz CT molecular complexity index is 433. The lowest BCUT2D eigenvalue weighted by Gasteiger charge is -2.10. The molecule has 1 aliphatic heterocycles. The highest BCUT2D eigenvalue weighted by molar-refractivity contribution is 8.00. The summed E-state index contributed by atoms with van der Waals surface area (Å²) in [5.41, 5.74) is 0.505. The van der Waals surface area contributed by atoms with Gasteiger partial charge in [0.25, 0.3) is 0 Å². The van der Waals surface area contributed by atoms with Gasteiger partial charge in [-0.1, -0.05) is 6.07 Å². The Morgan fingerprint density at radius 3 is 3.00 bits per heavy atom. The molecule has 0 aliphatic carbocycles. The van der Waals surface area contributed by atoms with Crippen molar-refractivity contribution < 1.29 is 14.3 Å². The van der Waals surface area contributed by atoms with E-state index in [1.807, 2.05) is 11.8 Å².